The number of nitrogens with one attached hydrogen (secondary N) is 4. The molecule has 0 saturated heterocycles. The number of aliphatic hydroxyl groups is 1. The molecule has 5 N–H and O–H groups in total. The van der Waals surface area contributed by atoms with Crippen molar-refractivity contribution in [1.29, 1.82) is 0 Å². The van der Waals surface area contributed by atoms with Gasteiger partial charge in [-0.1, -0.05) is 0 Å². The number of aliphatic hydroxyl groups excluding tert-OH is 1. The predicted octanol–water partition coefficient (Wildman–Crippen LogP) is 2.90. The van der Waals surface area contributed by atoms with Crippen LogP contribution in [0.5, 0.6) is 5.75 Å². The molecular weight excluding hydrogens is 463 g/mol. The summed E-state index contributed by atoms with van der Waals surface area (Å²) in [7, 11) is 0. The van der Waals surface area contributed by atoms with Crippen molar-refractivity contribution in [3.63, 3.8) is 0 Å². The van der Waals surface area contributed by atoms with E-state index < -0.39 is 6.61 Å². The molecule has 2 aromatic rings. The molecule has 3 aliphatic rings. The van der Waals surface area contributed by atoms with Crippen molar-refractivity contribution in [3.05, 3.63) is 58.8 Å². The first-order valence-electron chi connectivity index (χ1n) is 12.7. The Kier molecular flexibility index (Phi) is 7.00. The Balaban J connectivity index is 1.31. The van der Waals surface area contributed by atoms with Gasteiger partial charge < -0.3 is 30.8 Å². The van der Waals surface area contributed by atoms with Crippen LogP contribution in [0, 0.1) is 11.7 Å². The highest BCUT2D eigenvalue weighted by Crippen LogP contribution is 2.40. The number of carbonyl (C=O) groups excluding carboxylic acids is 2. The van der Waals surface area contributed by atoms with Gasteiger partial charge in [-0.15, -0.1) is 0 Å². The van der Waals surface area contributed by atoms with Crippen LogP contribution in [0.25, 0.3) is 5.57 Å². The lowest BCUT2D eigenvalue weighted by molar-refractivity contribution is -0.125. The van der Waals surface area contributed by atoms with Crippen LogP contribution in [0.4, 0.5) is 4.39 Å². The van der Waals surface area contributed by atoms with E-state index in [1.54, 1.807) is 12.3 Å². The third-order valence-electron chi connectivity index (χ3n) is 7.33. The number of benzene rings is 1. The summed E-state index contributed by atoms with van der Waals surface area (Å²) in [5.41, 5.74) is 3.53. The van der Waals surface area contributed by atoms with Gasteiger partial charge >= 0.3 is 0 Å². The summed E-state index contributed by atoms with van der Waals surface area (Å²) >= 11 is 0. The fourth-order valence-corrected chi connectivity index (χ4v) is 5.20. The van der Waals surface area contributed by atoms with Crippen molar-refractivity contribution >= 4 is 17.4 Å². The summed E-state index contributed by atoms with van der Waals surface area (Å²) in [4.78, 5) is 28.0. The molecule has 1 atom stereocenters. The number of ether oxygens (including phenoxy) is 1. The highest BCUT2D eigenvalue weighted by Gasteiger charge is 2.33. The lowest BCUT2D eigenvalue weighted by Gasteiger charge is -2.32. The zero-order valence-corrected chi connectivity index (χ0v) is 20.4. The number of aromatic nitrogens is 1. The van der Waals surface area contributed by atoms with Crippen molar-refractivity contribution in [3.8, 4) is 5.75 Å². The van der Waals surface area contributed by atoms with Gasteiger partial charge in [-0.25, -0.2) is 4.39 Å². The van der Waals surface area contributed by atoms with Gasteiger partial charge in [0.1, 0.15) is 18.2 Å². The SMILES string of the molecule is CC1=C(C(=O)NC2CCC(NC(=O)CO)CC2)c2[nH]ccc2C(c2cc(F)ccc2OCC2CC2)N1. The zero-order valence-electron chi connectivity index (χ0n) is 20.4. The number of H-pyrrole nitrogens is 1. The van der Waals surface area contributed by atoms with Crippen molar-refractivity contribution in [2.45, 2.75) is 63.6 Å². The van der Waals surface area contributed by atoms with Crippen LogP contribution in [0.1, 0.15) is 68.3 Å². The highest BCUT2D eigenvalue weighted by atomic mass is 19.1. The van der Waals surface area contributed by atoms with E-state index in [9.17, 15) is 14.0 Å². The monoisotopic (exact) mass is 496 g/mol. The summed E-state index contributed by atoms with van der Waals surface area (Å²) in [6, 6.07) is 6.19. The zero-order chi connectivity index (χ0) is 25.2. The first kappa shape index (κ1) is 24.4. The maximum Gasteiger partial charge on any atom is 0.255 e. The first-order valence-corrected chi connectivity index (χ1v) is 12.7. The van der Waals surface area contributed by atoms with Gasteiger partial charge in [0.2, 0.25) is 5.91 Å². The maximum absolute atomic E-state index is 14.3. The molecule has 2 amide bonds. The average Bonchev–Trinajstić information content (AvgIpc) is 3.58. The van der Waals surface area contributed by atoms with Crippen LogP contribution in [0.15, 0.2) is 36.2 Å². The Morgan fingerprint density at radius 1 is 1.06 bits per heavy atom. The van der Waals surface area contributed by atoms with Gasteiger partial charge in [0.25, 0.3) is 5.91 Å². The van der Waals surface area contributed by atoms with Crippen molar-refractivity contribution in [2.24, 2.45) is 5.92 Å². The molecule has 0 radical (unpaired) electrons. The smallest absolute Gasteiger partial charge is 0.255 e. The van der Waals surface area contributed by atoms with Gasteiger partial charge in [0.15, 0.2) is 0 Å². The number of hydrogen-bond acceptors (Lipinski definition) is 5. The third-order valence-corrected chi connectivity index (χ3v) is 7.33. The van der Waals surface area contributed by atoms with Crippen molar-refractivity contribution < 1.29 is 23.8 Å². The number of aromatic amines is 1. The molecule has 5 rings (SSSR count). The van der Waals surface area contributed by atoms with Gasteiger partial charge in [-0.3, -0.25) is 9.59 Å². The van der Waals surface area contributed by atoms with Gasteiger partial charge in [-0.2, -0.15) is 0 Å². The van der Waals surface area contributed by atoms with Crippen molar-refractivity contribution in [2.75, 3.05) is 13.2 Å². The molecule has 1 aromatic heterocycles. The van der Waals surface area contributed by atoms with Crippen LogP contribution >= 0.6 is 0 Å². The molecule has 0 bridgehead atoms. The second-order valence-electron chi connectivity index (χ2n) is 10.1. The van der Waals surface area contributed by atoms with E-state index in [4.69, 9.17) is 9.84 Å². The lowest BCUT2D eigenvalue weighted by Crippen LogP contribution is -2.45. The Bertz CT molecular complexity index is 1160. The first-order chi connectivity index (χ1) is 17.4. The second-order valence-corrected chi connectivity index (χ2v) is 10.1. The Labute approximate surface area is 209 Å². The van der Waals surface area contributed by atoms with Gasteiger partial charge in [0, 0.05) is 35.1 Å². The molecule has 8 nitrogen and oxygen atoms in total. The molecule has 2 aliphatic carbocycles. The standard InChI is InChI=1S/C27H33FN4O4/c1-15-24(27(35)32-19-7-5-18(6-8-19)31-23(34)13-33)26-20(10-11-29-26)25(30-15)21-12-17(28)4-9-22(21)36-14-16-2-3-16/h4,9-12,16,18-19,25,29-30,33H,2-3,5-8,13-14H2,1H3,(H,31,34)(H,32,35). The van der Waals surface area contributed by atoms with E-state index in [2.05, 4.69) is 20.9 Å². The predicted molar refractivity (Wildman–Crippen MR) is 132 cm³/mol. The van der Waals surface area contributed by atoms with E-state index in [1.165, 1.54) is 25.0 Å². The Morgan fingerprint density at radius 2 is 1.78 bits per heavy atom. The third kappa shape index (κ3) is 5.26. The molecule has 36 heavy (non-hydrogen) atoms. The van der Waals surface area contributed by atoms with E-state index in [0.717, 1.165) is 36.9 Å². The largest absolute Gasteiger partial charge is 0.493 e. The molecule has 9 heteroatoms. The molecule has 1 unspecified atom stereocenters. The van der Waals surface area contributed by atoms with Crippen LogP contribution in [-0.4, -0.2) is 47.2 Å². The number of amides is 2. The Morgan fingerprint density at radius 3 is 2.47 bits per heavy atom. The van der Waals surface area contributed by atoms with Crippen LogP contribution < -0.4 is 20.7 Å². The van der Waals surface area contributed by atoms with Crippen LogP contribution in [0.2, 0.25) is 0 Å². The number of fused-ring (bicyclic) bond motifs is 1. The Hall–Kier alpha value is -3.33. The van der Waals surface area contributed by atoms with E-state index in [1.807, 2.05) is 13.0 Å². The fraction of sp³-hybridized carbons (Fsp3) is 0.481. The quantitative estimate of drug-likeness (QED) is 0.386. The molecule has 1 aromatic carbocycles. The molecule has 2 saturated carbocycles. The fourth-order valence-electron chi connectivity index (χ4n) is 5.20. The minimum absolute atomic E-state index is 0.00172. The van der Waals surface area contributed by atoms with Gasteiger partial charge in [0.05, 0.1) is 23.9 Å². The molecule has 192 valence electrons. The number of halogens is 1. The number of carbonyl (C=O) groups is 2. The highest BCUT2D eigenvalue weighted by molar-refractivity contribution is 6.20. The minimum Gasteiger partial charge on any atom is -0.493 e. The summed E-state index contributed by atoms with van der Waals surface area (Å²) in [6.07, 6.45) is 7.10. The number of rotatable bonds is 8. The number of allylic oxidation sites excluding steroid dienone is 1. The summed E-state index contributed by atoms with van der Waals surface area (Å²) in [5.74, 6) is 0.347. The van der Waals surface area contributed by atoms with Crippen LogP contribution in [0.3, 0.4) is 0 Å². The summed E-state index contributed by atoms with van der Waals surface area (Å²) in [6.45, 7) is 1.97. The summed E-state index contributed by atoms with van der Waals surface area (Å²) < 4.78 is 20.4. The molecule has 2 heterocycles. The lowest BCUT2D eigenvalue weighted by atomic mass is 9.89. The normalized spacial score (nSPS) is 23.5. The number of hydrogen-bond donors (Lipinski definition) is 5. The molecule has 1 aliphatic heterocycles. The maximum atomic E-state index is 14.3. The minimum atomic E-state index is -0.514. The average molecular weight is 497 g/mol. The van der Waals surface area contributed by atoms with E-state index >= 15 is 0 Å². The molecule has 0 spiro atoms. The molecular formula is C27H33FN4O4. The molecule has 2 fully saturated rings. The second kappa shape index (κ2) is 10.3. The van der Waals surface area contributed by atoms with E-state index in [-0.39, 0.29) is 35.8 Å². The van der Waals surface area contributed by atoms with Gasteiger partial charge in [-0.05, 0) is 75.6 Å². The van der Waals surface area contributed by atoms with E-state index in [0.29, 0.717) is 35.1 Å². The summed E-state index contributed by atoms with van der Waals surface area (Å²) in [5, 5.41) is 18.3. The topological polar surface area (TPSA) is 115 Å². The van der Waals surface area contributed by atoms with Crippen molar-refractivity contribution in [1.82, 2.24) is 20.9 Å². The van der Waals surface area contributed by atoms with Crippen LogP contribution in [-0.2, 0) is 9.59 Å².